The van der Waals surface area contributed by atoms with Gasteiger partial charge in [-0.2, -0.15) is 0 Å². The second kappa shape index (κ2) is 9.57. The third-order valence-electron chi connectivity index (χ3n) is 3.64. The SMILES string of the molecule is CCCCOc1c(OC)cc(C(=O)OC)cc1OCc1ccccc1. The van der Waals surface area contributed by atoms with Gasteiger partial charge >= 0.3 is 5.97 Å². The molecule has 0 aromatic heterocycles. The topological polar surface area (TPSA) is 54.0 Å². The van der Waals surface area contributed by atoms with Gasteiger partial charge in [-0.15, -0.1) is 0 Å². The molecule has 0 N–H and O–H groups in total. The fraction of sp³-hybridized carbons (Fsp3) is 0.350. The minimum Gasteiger partial charge on any atom is -0.493 e. The molecule has 0 unspecified atom stereocenters. The van der Waals surface area contributed by atoms with E-state index in [-0.39, 0.29) is 0 Å². The van der Waals surface area contributed by atoms with Crippen molar-refractivity contribution in [3.8, 4) is 17.2 Å². The molecule has 5 nitrogen and oxygen atoms in total. The molecule has 0 aliphatic carbocycles. The molecule has 0 fully saturated rings. The van der Waals surface area contributed by atoms with Crippen LogP contribution in [0, 0.1) is 0 Å². The summed E-state index contributed by atoms with van der Waals surface area (Å²) in [6, 6.07) is 13.0. The van der Waals surface area contributed by atoms with Gasteiger partial charge in [0.05, 0.1) is 26.4 Å². The molecule has 0 aliphatic rings. The van der Waals surface area contributed by atoms with E-state index in [0.717, 1.165) is 18.4 Å². The molecule has 0 amide bonds. The highest BCUT2D eigenvalue weighted by atomic mass is 16.5. The molecule has 0 bridgehead atoms. The predicted molar refractivity (Wildman–Crippen MR) is 95.5 cm³/mol. The summed E-state index contributed by atoms with van der Waals surface area (Å²) < 4.78 is 22.0. The number of methoxy groups -OCH3 is 2. The van der Waals surface area contributed by atoms with Crippen molar-refractivity contribution < 1.29 is 23.7 Å². The van der Waals surface area contributed by atoms with Gasteiger partial charge in [-0.3, -0.25) is 0 Å². The number of carbonyl (C=O) groups is 1. The Bertz CT molecular complexity index is 682. The van der Waals surface area contributed by atoms with Gasteiger partial charge in [0.1, 0.15) is 6.61 Å². The van der Waals surface area contributed by atoms with Crippen molar-refractivity contribution in [1.82, 2.24) is 0 Å². The Morgan fingerprint density at radius 1 is 1.00 bits per heavy atom. The van der Waals surface area contributed by atoms with Crippen molar-refractivity contribution in [2.24, 2.45) is 0 Å². The van der Waals surface area contributed by atoms with Crippen LogP contribution < -0.4 is 14.2 Å². The van der Waals surface area contributed by atoms with Crippen molar-refractivity contribution in [2.45, 2.75) is 26.4 Å². The van der Waals surface area contributed by atoms with Gasteiger partial charge in [0.25, 0.3) is 0 Å². The van der Waals surface area contributed by atoms with Crippen LogP contribution in [0.3, 0.4) is 0 Å². The highest BCUT2D eigenvalue weighted by Crippen LogP contribution is 2.39. The van der Waals surface area contributed by atoms with E-state index in [1.807, 2.05) is 30.3 Å². The highest BCUT2D eigenvalue weighted by Gasteiger charge is 2.18. The number of hydrogen-bond acceptors (Lipinski definition) is 5. The standard InChI is InChI=1S/C20H24O5/c1-4-5-11-24-19-17(22-2)12-16(20(21)23-3)13-18(19)25-14-15-9-7-6-8-10-15/h6-10,12-13H,4-5,11,14H2,1-3H3. The zero-order chi connectivity index (χ0) is 18.1. The fourth-order valence-corrected chi connectivity index (χ4v) is 2.27. The van der Waals surface area contributed by atoms with Crippen LogP contribution in [-0.4, -0.2) is 26.8 Å². The summed E-state index contributed by atoms with van der Waals surface area (Å²) in [6.07, 6.45) is 1.93. The van der Waals surface area contributed by atoms with Crippen molar-refractivity contribution in [3.63, 3.8) is 0 Å². The molecule has 2 rings (SSSR count). The van der Waals surface area contributed by atoms with Gasteiger partial charge in [-0.05, 0) is 24.1 Å². The van der Waals surface area contributed by atoms with Crippen LogP contribution in [0.5, 0.6) is 17.2 Å². The summed E-state index contributed by atoms with van der Waals surface area (Å²) >= 11 is 0. The molecule has 0 heterocycles. The Kier molecular flexibility index (Phi) is 7.14. The van der Waals surface area contributed by atoms with Crippen molar-refractivity contribution in [2.75, 3.05) is 20.8 Å². The van der Waals surface area contributed by atoms with E-state index in [1.54, 1.807) is 12.1 Å². The molecule has 2 aromatic carbocycles. The molecular formula is C20H24O5. The lowest BCUT2D eigenvalue weighted by atomic mass is 10.1. The highest BCUT2D eigenvalue weighted by molar-refractivity contribution is 5.91. The van der Waals surface area contributed by atoms with Crippen LogP contribution in [0.25, 0.3) is 0 Å². The maximum Gasteiger partial charge on any atom is 0.338 e. The Hall–Kier alpha value is -2.69. The van der Waals surface area contributed by atoms with Crippen molar-refractivity contribution in [1.29, 1.82) is 0 Å². The first-order valence-electron chi connectivity index (χ1n) is 8.29. The Balaban J connectivity index is 2.31. The van der Waals surface area contributed by atoms with E-state index in [2.05, 4.69) is 6.92 Å². The maximum atomic E-state index is 11.9. The number of ether oxygens (including phenoxy) is 4. The number of benzene rings is 2. The summed E-state index contributed by atoms with van der Waals surface area (Å²) in [5, 5.41) is 0. The lowest BCUT2D eigenvalue weighted by Gasteiger charge is -2.17. The van der Waals surface area contributed by atoms with Crippen LogP contribution in [0.4, 0.5) is 0 Å². The molecular weight excluding hydrogens is 320 g/mol. The summed E-state index contributed by atoms with van der Waals surface area (Å²) in [6.45, 7) is 3.00. The predicted octanol–water partition coefficient (Wildman–Crippen LogP) is 4.24. The number of hydrogen-bond donors (Lipinski definition) is 0. The fourth-order valence-electron chi connectivity index (χ4n) is 2.27. The van der Waals surface area contributed by atoms with Gasteiger partial charge in [0.15, 0.2) is 11.5 Å². The van der Waals surface area contributed by atoms with Crippen LogP contribution in [0.2, 0.25) is 0 Å². The molecule has 25 heavy (non-hydrogen) atoms. The van der Waals surface area contributed by atoms with Gasteiger partial charge in [-0.25, -0.2) is 4.79 Å². The van der Waals surface area contributed by atoms with E-state index < -0.39 is 5.97 Å². The van der Waals surface area contributed by atoms with Crippen LogP contribution >= 0.6 is 0 Å². The second-order valence-corrected chi connectivity index (χ2v) is 5.47. The Morgan fingerprint density at radius 2 is 1.72 bits per heavy atom. The molecule has 0 spiro atoms. The van der Waals surface area contributed by atoms with Crippen molar-refractivity contribution >= 4 is 5.97 Å². The normalized spacial score (nSPS) is 10.2. The smallest absolute Gasteiger partial charge is 0.338 e. The van der Waals surface area contributed by atoms with E-state index in [1.165, 1.54) is 14.2 Å². The van der Waals surface area contributed by atoms with Gasteiger partial charge in [-0.1, -0.05) is 43.7 Å². The molecule has 5 heteroatoms. The summed E-state index contributed by atoms with van der Waals surface area (Å²) in [5.41, 5.74) is 1.37. The minimum absolute atomic E-state index is 0.352. The van der Waals surface area contributed by atoms with Crippen LogP contribution in [0.15, 0.2) is 42.5 Å². The first-order valence-corrected chi connectivity index (χ1v) is 8.29. The van der Waals surface area contributed by atoms with Gasteiger partial charge in [0, 0.05) is 0 Å². The number of rotatable bonds is 9. The lowest BCUT2D eigenvalue weighted by Crippen LogP contribution is -2.07. The molecule has 134 valence electrons. The molecule has 0 radical (unpaired) electrons. The van der Waals surface area contributed by atoms with Gasteiger partial charge < -0.3 is 18.9 Å². The quantitative estimate of drug-likeness (QED) is 0.503. The molecule has 0 aliphatic heterocycles. The summed E-state index contributed by atoms with van der Waals surface area (Å²) in [5.74, 6) is 0.948. The minimum atomic E-state index is -0.456. The molecule has 0 saturated heterocycles. The van der Waals surface area contributed by atoms with Crippen LogP contribution in [-0.2, 0) is 11.3 Å². The monoisotopic (exact) mass is 344 g/mol. The van der Waals surface area contributed by atoms with Gasteiger partial charge in [0.2, 0.25) is 5.75 Å². The van der Waals surface area contributed by atoms with Crippen LogP contribution in [0.1, 0.15) is 35.7 Å². The third-order valence-corrected chi connectivity index (χ3v) is 3.64. The Morgan fingerprint density at radius 3 is 2.36 bits per heavy atom. The second-order valence-electron chi connectivity index (χ2n) is 5.47. The van der Waals surface area contributed by atoms with E-state index in [0.29, 0.717) is 36.0 Å². The van der Waals surface area contributed by atoms with E-state index >= 15 is 0 Å². The number of carbonyl (C=O) groups excluding carboxylic acids is 1. The number of esters is 1. The molecule has 0 saturated carbocycles. The average Bonchev–Trinajstić information content (AvgIpc) is 2.66. The lowest BCUT2D eigenvalue weighted by molar-refractivity contribution is 0.0599. The summed E-state index contributed by atoms with van der Waals surface area (Å²) in [4.78, 5) is 11.9. The molecule has 0 atom stereocenters. The first kappa shape index (κ1) is 18.6. The largest absolute Gasteiger partial charge is 0.493 e. The first-order chi connectivity index (χ1) is 12.2. The zero-order valence-corrected chi connectivity index (χ0v) is 14.9. The summed E-state index contributed by atoms with van der Waals surface area (Å²) in [7, 11) is 2.87. The zero-order valence-electron chi connectivity index (χ0n) is 14.9. The maximum absolute atomic E-state index is 11.9. The van der Waals surface area contributed by atoms with Crippen molar-refractivity contribution in [3.05, 3.63) is 53.6 Å². The number of unbranched alkanes of at least 4 members (excludes halogenated alkanes) is 1. The average molecular weight is 344 g/mol. The third kappa shape index (κ3) is 5.14. The molecule has 2 aromatic rings. The van der Waals surface area contributed by atoms with E-state index in [9.17, 15) is 4.79 Å². The Labute approximate surface area is 148 Å². The van der Waals surface area contributed by atoms with E-state index in [4.69, 9.17) is 18.9 Å².